The summed E-state index contributed by atoms with van der Waals surface area (Å²) in [5, 5.41) is 1.36. The van der Waals surface area contributed by atoms with Crippen molar-refractivity contribution in [2.45, 2.75) is 18.2 Å². The Hall–Kier alpha value is -1.01. The van der Waals surface area contributed by atoms with E-state index >= 15 is 0 Å². The molecular weight excluding hydrogens is 328 g/mol. The SMILES string of the molecule is O=C(NN1C(=O)CSC1c1ccc(Br)cc1)C1CC1. The zero-order valence-corrected chi connectivity index (χ0v) is 12.5. The fraction of sp³-hybridized carbons (Fsp3) is 0.385. The lowest BCUT2D eigenvalue weighted by atomic mass is 10.2. The Morgan fingerprint density at radius 2 is 2.00 bits per heavy atom. The van der Waals surface area contributed by atoms with Gasteiger partial charge in [-0.1, -0.05) is 28.1 Å². The van der Waals surface area contributed by atoms with Crippen LogP contribution in [0, 0.1) is 5.92 Å². The van der Waals surface area contributed by atoms with E-state index in [0.29, 0.717) is 5.75 Å². The number of hydrazine groups is 1. The topological polar surface area (TPSA) is 49.4 Å². The maximum Gasteiger partial charge on any atom is 0.252 e. The van der Waals surface area contributed by atoms with Crippen LogP contribution in [0.1, 0.15) is 23.8 Å². The number of halogens is 1. The lowest BCUT2D eigenvalue weighted by Gasteiger charge is -2.24. The van der Waals surface area contributed by atoms with E-state index in [-0.39, 0.29) is 23.1 Å². The maximum atomic E-state index is 11.9. The summed E-state index contributed by atoms with van der Waals surface area (Å²) in [6, 6.07) is 7.83. The minimum Gasteiger partial charge on any atom is -0.273 e. The normalized spacial score (nSPS) is 22.7. The molecule has 1 atom stereocenters. The number of benzene rings is 1. The molecule has 1 saturated carbocycles. The largest absolute Gasteiger partial charge is 0.273 e. The van der Waals surface area contributed by atoms with Gasteiger partial charge in [-0.2, -0.15) is 0 Å². The molecule has 1 aliphatic heterocycles. The number of thioether (sulfide) groups is 1. The zero-order chi connectivity index (χ0) is 13.4. The summed E-state index contributed by atoms with van der Waals surface area (Å²) in [6.07, 6.45) is 1.87. The molecule has 2 amide bonds. The smallest absolute Gasteiger partial charge is 0.252 e. The molecule has 19 heavy (non-hydrogen) atoms. The number of hydrogen-bond donors (Lipinski definition) is 1. The molecule has 2 aliphatic rings. The minimum absolute atomic E-state index is 0.0297. The Balaban J connectivity index is 1.77. The molecule has 1 heterocycles. The first-order valence-corrected chi connectivity index (χ1v) is 7.99. The fourth-order valence-corrected chi connectivity index (χ4v) is 3.35. The van der Waals surface area contributed by atoms with E-state index in [9.17, 15) is 9.59 Å². The first-order chi connectivity index (χ1) is 9.15. The van der Waals surface area contributed by atoms with Gasteiger partial charge in [-0.05, 0) is 30.5 Å². The fourth-order valence-electron chi connectivity index (χ4n) is 1.97. The van der Waals surface area contributed by atoms with Gasteiger partial charge in [0.15, 0.2) is 0 Å². The van der Waals surface area contributed by atoms with Crippen molar-refractivity contribution in [3.8, 4) is 0 Å². The predicted octanol–water partition coefficient (Wildman–Crippen LogP) is 2.46. The van der Waals surface area contributed by atoms with Gasteiger partial charge in [-0.15, -0.1) is 11.8 Å². The van der Waals surface area contributed by atoms with Crippen molar-refractivity contribution in [1.82, 2.24) is 10.4 Å². The van der Waals surface area contributed by atoms with Crippen LogP contribution in [0.25, 0.3) is 0 Å². The van der Waals surface area contributed by atoms with Gasteiger partial charge in [0, 0.05) is 10.4 Å². The highest BCUT2D eigenvalue weighted by atomic mass is 79.9. The first-order valence-electron chi connectivity index (χ1n) is 6.15. The average Bonchev–Trinajstić information content (AvgIpc) is 3.18. The summed E-state index contributed by atoms with van der Waals surface area (Å²) in [6.45, 7) is 0. The van der Waals surface area contributed by atoms with Crippen LogP contribution in [0.4, 0.5) is 0 Å². The van der Waals surface area contributed by atoms with Crippen molar-refractivity contribution in [3.05, 3.63) is 34.3 Å². The zero-order valence-electron chi connectivity index (χ0n) is 10.1. The van der Waals surface area contributed by atoms with Gasteiger partial charge in [-0.25, -0.2) is 5.01 Å². The summed E-state index contributed by atoms with van der Waals surface area (Å²) in [4.78, 5) is 23.7. The molecule has 1 unspecified atom stereocenters. The number of rotatable bonds is 3. The first kappa shape index (κ1) is 13.0. The van der Waals surface area contributed by atoms with Crippen LogP contribution < -0.4 is 5.43 Å². The van der Waals surface area contributed by atoms with Crippen molar-refractivity contribution in [1.29, 1.82) is 0 Å². The lowest BCUT2D eigenvalue weighted by molar-refractivity contribution is -0.140. The molecule has 1 aromatic carbocycles. The highest BCUT2D eigenvalue weighted by Gasteiger charge is 2.37. The standard InChI is InChI=1S/C13H13BrN2O2S/c14-10-5-3-9(4-6-10)13-16(11(17)7-19-13)15-12(18)8-1-2-8/h3-6,8,13H,1-2,7H2,(H,15,18). The third-order valence-electron chi connectivity index (χ3n) is 3.20. The Kier molecular flexibility index (Phi) is 3.54. The number of nitrogens with one attached hydrogen (secondary N) is 1. The van der Waals surface area contributed by atoms with Crippen molar-refractivity contribution < 1.29 is 9.59 Å². The molecule has 1 aliphatic carbocycles. The van der Waals surface area contributed by atoms with Crippen LogP contribution in [-0.4, -0.2) is 22.6 Å². The lowest BCUT2D eigenvalue weighted by Crippen LogP contribution is -2.45. The third kappa shape index (κ3) is 2.79. The van der Waals surface area contributed by atoms with Crippen molar-refractivity contribution >= 4 is 39.5 Å². The van der Waals surface area contributed by atoms with Crippen LogP contribution in [0.3, 0.4) is 0 Å². The highest BCUT2D eigenvalue weighted by molar-refractivity contribution is 9.10. The number of amides is 2. The average molecular weight is 341 g/mol. The van der Waals surface area contributed by atoms with Crippen LogP contribution in [0.15, 0.2) is 28.7 Å². The van der Waals surface area contributed by atoms with Crippen molar-refractivity contribution in [2.75, 3.05) is 5.75 Å². The van der Waals surface area contributed by atoms with Crippen LogP contribution in [-0.2, 0) is 9.59 Å². The van der Waals surface area contributed by atoms with E-state index in [1.807, 2.05) is 24.3 Å². The third-order valence-corrected chi connectivity index (χ3v) is 4.94. The highest BCUT2D eigenvalue weighted by Crippen LogP contribution is 2.38. The molecule has 0 radical (unpaired) electrons. The van der Waals surface area contributed by atoms with Gasteiger partial charge in [0.05, 0.1) is 5.75 Å². The van der Waals surface area contributed by atoms with Gasteiger partial charge >= 0.3 is 0 Å². The molecule has 100 valence electrons. The molecule has 2 fully saturated rings. The molecule has 1 saturated heterocycles. The quantitative estimate of drug-likeness (QED) is 0.919. The second-order valence-electron chi connectivity index (χ2n) is 4.73. The molecule has 1 aromatic rings. The second kappa shape index (κ2) is 5.17. The molecule has 0 aromatic heterocycles. The summed E-state index contributed by atoms with van der Waals surface area (Å²) in [5.74, 6) is 0.444. The van der Waals surface area contributed by atoms with Gasteiger partial charge < -0.3 is 0 Å². The van der Waals surface area contributed by atoms with E-state index in [1.54, 1.807) is 0 Å². The van der Waals surface area contributed by atoms with Crippen molar-refractivity contribution in [3.63, 3.8) is 0 Å². The monoisotopic (exact) mass is 340 g/mol. The van der Waals surface area contributed by atoms with Crippen LogP contribution >= 0.6 is 27.7 Å². The Labute approximate surface area is 124 Å². The van der Waals surface area contributed by atoms with Gasteiger partial charge in [0.2, 0.25) is 5.91 Å². The van der Waals surface area contributed by atoms with Gasteiger partial charge in [-0.3, -0.25) is 15.0 Å². The molecule has 6 heteroatoms. The van der Waals surface area contributed by atoms with E-state index in [0.717, 1.165) is 22.9 Å². The number of hydrogen-bond acceptors (Lipinski definition) is 3. The molecule has 0 bridgehead atoms. The maximum absolute atomic E-state index is 11.9. The predicted molar refractivity (Wildman–Crippen MR) is 77.1 cm³/mol. The Morgan fingerprint density at radius 1 is 1.32 bits per heavy atom. The molecule has 0 spiro atoms. The van der Waals surface area contributed by atoms with E-state index in [2.05, 4.69) is 21.4 Å². The van der Waals surface area contributed by atoms with E-state index < -0.39 is 0 Å². The molecule has 3 rings (SSSR count). The summed E-state index contributed by atoms with van der Waals surface area (Å²) >= 11 is 4.93. The summed E-state index contributed by atoms with van der Waals surface area (Å²) in [5.41, 5.74) is 3.79. The Bertz CT molecular complexity index is 516. The second-order valence-corrected chi connectivity index (χ2v) is 6.71. The summed E-state index contributed by atoms with van der Waals surface area (Å²) < 4.78 is 0.999. The van der Waals surface area contributed by atoms with Gasteiger partial charge in [0.1, 0.15) is 5.37 Å². The molecule has 4 nitrogen and oxygen atoms in total. The number of carbonyl (C=O) groups is 2. The Morgan fingerprint density at radius 3 is 2.63 bits per heavy atom. The minimum atomic E-state index is -0.122. The summed E-state index contributed by atoms with van der Waals surface area (Å²) in [7, 11) is 0. The molecular formula is C13H13BrN2O2S. The molecule has 1 N–H and O–H groups in total. The van der Waals surface area contributed by atoms with Crippen LogP contribution in [0.5, 0.6) is 0 Å². The number of nitrogens with zero attached hydrogens (tertiary/aromatic N) is 1. The van der Waals surface area contributed by atoms with Crippen molar-refractivity contribution in [2.24, 2.45) is 5.92 Å². The number of carbonyl (C=O) groups excluding carboxylic acids is 2. The van der Waals surface area contributed by atoms with E-state index in [4.69, 9.17) is 0 Å². The van der Waals surface area contributed by atoms with Gasteiger partial charge in [0.25, 0.3) is 5.91 Å². The van der Waals surface area contributed by atoms with Crippen LogP contribution in [0.2, 0.25) is 0 Å². The van der Waals surface area contributed by atoms with E-state index in [1.165, 1.54) is 16.8 Å².